The van der Waals surface area contributed by atoms with Gasteiger partial charge in [-0.1, -0.05) is 19.9 Å². The number of aryl methyl sites for hydroxylation is 1. The molecule has 0 radical (unpaired) electrons. The number of nitrogens with zero attached hydrogens (tertiary/aromatic N) is 1. The molecule has 1 aromatic rings. The molecule has 0 aromatic heterocycles. The highest BCUT2D eigenvalue weighted by atomic mass is 16.5. The van der Waals surface area contributed by atoms with Gasteiger partial charge in [-0.25, -0.2) is 0 Å². The number of piperidine rings is 1. The van der Waals surface area contributed by atoms with Gasteiger partial charge >= 0.3 is 0 Å². The van der Waals surface area contributed by atoms with Crippen LogP contribution in [0.2, 0.25) is 0 Å². The fourth-order valence-corrected chi connectivity index (χ4v) is 2.88. The maximum Gasteiger partial charge on any atom is 0.227 e. The topological polar surface area (TPSA) is 58.6 Å². The van der Waals surface area contributed by atoms with E-state index in [-0.39, 0.29) is 23.7 Å². The number of amides is 2. The van der Waals surface area contributed by atoms with Crippen molar-refractivity contribution < 1.29 is 14.3 Å². The number of methoxy groups -OCH3 is 1. The molecule has 0 saturated carbocycles. The van der Waals surface area contributed by atoms with Gasteiger partial charge in [0.2, 0.25) is 11.8 Å². The van der Waals surface area contributed by atoms with E-state index in [1.54, 1.807) is 7.11 Å². The minimum Gasteiger partial charge on any atom is -0.495 e. The zero-order valence-corrected chi connectivity index (χ0v) is 14.4. The smallest absolute Gasteiger partial charge is 0.227 e. The summed E-state index contributed by atoms with van der Waals surface area (Å²) in [5, 5.41) is 2.97. The van der Waals surface area contributed by atoms with Crippen molar-refractivity contribution in [2.45, 2.75) is 33.6 Å². The van der Waals surface area contributed by atoms with E-state index < -0.39 is 0 Å². The Balaban J connectivity index is 1.96. The fraction of sp³-hybridized carbons (Fsp3) is 0.556. The monoisotopic (exact) mass is 318 g/mol. The Kier molecular flexibility index (Phi) is 5.64. The molecule has 126 valence electrons. The number of hydrogen-bond donors (Lipinski definition) is 1. The first-order valence-corrected chi connectivity index (χ1v) is 8.16. The Bertz CT molecular complexity index is 576. The molecule has 0 atom stereocenters. The average molecular weight is 318 g/mol. The van der Waals surface area contributed by atoms with Crippen molar-refractivity contribution in [1.29, 1.82) is 0 Å². The number of anilines is 1. The summed E-state index contributed by atoms with van der Waals surface area (Å²) in [6.45, 7) is 7.10. The molecule has 0 spiro atoms. The van der Waals surface area contributed by atoms with E-state index in [0.29, 0.717) is 37.4 Å². The number of rotatable bonds is 4. The number of carbonyl (C=O) groups excluding carboxylic acids is 2. The molecule has 2 amide bonds. The maximum atomic E-state index is 12.5. The average Bonchev–Trinajstić information content (AvgIpc) is 2.54. The standard InChI is InChI=1S/C18H26N2O3/c1-12(2)18(22)20-9-7-14(8-10-20)17(21)19-15-11-13(3)5-6-16(15)23-4/h5-6,11-12,14H,7-10H2,1-4H3,(H,19,21). The van der Waals surface area contributed by atoms with Crippen LogP contribution in [0.3, 0.4) is 0 Å². The number of hydrogen-bond acceptors (Lipinski definition) is 3. The highest BCUT2D eigenvalue weighted by Gasteiger charge is 2.28. The van der Waals surface area contributed by atoms with Crippen LogP contribution in [-0.2, 0) is 9.59 Å². The number of benzene rings is 1. The van der Waals surface area contributed by atoms with Gasteiger partial charge < -0.3 is 15.0 Å². The van der Waals surface area contributed by atoms with Gasteiger partial charge in [-0.05, 0) is 37.5 Å². The maximum absolute atomic E-state index is 12.5. The van der Waals surface area contributed by atoms with E-state index in [1.807, 2.05) is 43.9 Å². The Hall–Kier alpha value is -2.04. The quantitative estimate of drug-likeness (QED) is 0.928. The van der Waals surface area contributed by atoms with Crippen molar-refractivity contribution in [3.8, 4) is 5.75 Å². The van der Waals surface area contributed by atoms with Gasteiger partial charge in [0, 0.05) is 24.9 Å². The lowest BCUT2D eigenvalue weighted by Crippen LogP contribution is -2.43. The van der Waals surface area contributed by atoms with Gasteiger partial charge in [0.05, 0.1) is 12.8 Å². The summed E-state index contributed by atoms with van der Waals surface area (Å²) in [6.07, 6.45) is 1.41. The summed E-state index contributed by atoms with van der Waals surface area (Å²) in [4.78, 5) is 26.3. The van der Waals surface area contributed by atoms with E-state index in [2.05, 4.69) is 5.32 Å². The van der Waals surface area contributed by atoms with Gasteiger partial charge in [-0.2, -0.15) is 0 Å². The lowest BCUT2D eigenvalue weighted by atomic mass is 9.95. The first kappa shape index (κ1) is 17.3. The first-order valence-electron chi connectivity index (χ1n) is 8.16. The Morgan fingerprint density at radius 1 is 1.26 bits per heavy atom. The van der Waals surface area contributed by atoms with Crippen LogP contribution in [0.4, 0.5) is 5.69 Å². The third-order valence-electron chi connectivity index (χ3n) is 4.28. The van der Waals surface area contributed by atoms with Crippen LogP contribution in [0.15, 0.2) is 18.2 Å². The van der Waals surface area contributed by atoms with Crippen molar-refractivity contribution in [3.05, 3.63) is 23.8 Å². The molecule has 0 unspecified atom stereocenters. The molecule has 23 heavy (non-hydrogen) atoms. The van der Waals surface area contributed by atoms with E-state index >= 15 is 0 Å². The molecule has 1 saturated heterocycles. The second-order valence-electron chi connectivity index (χ2n) is 6.45. The van der Waals surface area contributed by atoms with Crippen molar-refractivity contribution in [1.82, 2.24) is 4.90 Å². The predicted molar refractivity (Wildman–Crippen MR) is 90.5 cm³/mol. The summed E-state index contributed by atoms with van der Waals surface area (Å²) in [5.74, 6) is 0.791. The highest BCUT2D eigenvalue weighted by molar-refractivity contribution is 5.94. The van der Waals surface area contributed by atoms with Gasteiger partial charge in [-0.3, -0.25) is 9.59 Å². The normalized spacial score (nSPS) is 15.6. The third kappa shape index (κ3) is 4.24. The predicted octanol–water partition coefficient (Wildman–Crippen LogP) is 2.84. The number of ether oxygens (including phenoxy) is 1. The van der Waals surface area contributed by atoms with E-state index in [4.69, 9.17) is 4.74 Å². The van der Waals surface area contributed by atoms with E-state index in [9.17, 15) is 9.59 Å². The zero-order valence-electron chi connectivity index (χ0n) is 14.4. The van der Waals surface area contributed by atoms with Crippen molar-refractivity contribution in [2.75, 3.05) is 25.5 Å². The SMILES string of the molecule is COc1ccc(C)cc1NC(=O)C1CCN(C(=O)C(C)C)CC1. The number of carbonyl (C=O) groups is 2. The molecule has 1 fully saturated rings. The first-order chi connectivity index (χ1) is 10.9. The summed E-state index contributed by atoms with van der Waals surface area (Å²) >= 11 is 0. The highest BCUT2D eigenvalue weighted by Crippen LogP contribution is 2.27. The second kappa shape index (κ2) is 7.49. The molecule has 5 heteroatoms. The lowest BCUT2D eigenvalue weighted by molar-refractivity contribution is -0.137. The molecule has 0 bridgehead atoms. The molecule has 1 heterocycles. The molecule has 0 aliphatic carbocycles. The van der Waals surface area contributed by atoms with E-state index in [1.165, 1.54) is 0 Å². The zero-order chi connectivity index (χ0) is 17.0. The Morgan fingerprint density at radius 3 is 2.48 bits per heavy atom. The lowest BCUT2D eigenvalue weighted by Gasteiger charge is -2.32. The van der Waals surface area contributed by atoms with Crippen LogP contribution in [0.1, 0.15) is 32.3 Å². The van der Waals surface area contributed by atoms with Gasteiger partial charge in [0.1, 0.15) is 5.75 Å². The Morgan fingerprint density at radius 2 is 1.91 bits per heavy atom. The van der Waals surface area contributed by atoms with Crippen molar-refractivity contribution in [2.24, 2.45) is 11.8 Å². The summed E-state index contributed by atoms with van der Waals surface area (Å²) < 4.78 is 5.30. The molecule has 1 aliphatic rings. The van der Waals surface area contributed by atoms with Crippen molar-refractivity contribution in [3.63, 3.8) is 0 Å². The fourth-order valence-electron chi connectivity index (χ4n) is 2.88. The molecule has 1 aliphatic heterocycles. The van der Waals surface area contributed by atoms with Crippen LogP contribution in [0, 0.1) is 18.8 Å². The number of nitrogens with one attached hydrogen (secondary N) is 1. The van der Waals surface area contributed by atoms with Gasteiger partial charge in [-0.15, -0.1) is 0 Å². The summed E-state index contributed by atoms with van der Waals surface area (Å²) in [6, 6.07) is 5.72. The van der Waals surface area contributed by atoms with Crippen LogP contribution in [-0.4, -0.2) is 36.9 Å². The van der Waals surface area contributed by atoms with Crippen LogP contribution < -0.4 is 10.1 Å². The number of likely N-dealkylation sites (tertiary alicyclic amines) is 1. The minimum atomic E-state index is -0.0589. The van der Waals surface area contributed by atoms with Crippen LogP contribution in [0.25, 0.3) is 0 Å². The summed E-state index contributed by atoms with van der Waals surface area (Å²) in [5.41, 5.74) is 1.77. The molecule has 2 rings (SSSR count). The molecular formula is C18H26N2O3. The Labute approximate surface area is 138 Å². The molecule has 1 N–H and O–H groups in total. The van der Waals surface area contributed by atoms with E-state index in [0.717, 1.165) is 5.56 Å². The second-order valence-corrected chi connectivity index (χ2v) is 6.45. The third-order valence-corrected chi connectivity index (χ3v) is 4.28. The molecule has 1 aromatic carbocycles. The largest absolute Gasteiger partial charge is 0.495 e. The van der Waals surface area contributed by atoms with Gasteiger partial charge in [0.25, 0.3) is 0 Å². The molecular weight excluding hydrogens is 292 g/mol. The van der Waals surface area contributed by atoms with Crippen LogP contribution in [0.5, 0.6) is 5.75 Å². The van der Waals surface area contributed by atoms with Crippen molar-refractivity contribution >= 4 is 17.5 Å². The minimum absolute atomic E-state index is 0.00514. The van der Waals surface area contributed by atoms with Crippen LogP contribution >= 0.6 is 0 Å². The molecule has 5 nitrogen and oxygen atoms in total. The van der Waals surface area contributed by atoms with Gasteiger partial charge in [0.15, 0.2) is 0 Å². The summed E-state index contributed by atoms with van der Waals surface area (Å²) in [7, 11) is 1.59.